The van der Waals surface area contributed by atoms with Gasteiger partial charge in [-0.05, 0) is 51.3 Å². The smallest absolute Gasteiger partial charge is 0.161 e. The van der Waals surface area contributed by atoms with E-state index in [4.69, 9.17) is 14.3 Å². The zero-order valence-corrected chi connectivity index (χ0v) is 18.5. The molecule has 1 fully saturated rings. The molecule has 1 aromatic carbocycles. The second-order valence-corrected chi connectivity index (χ2v) is 8.25. The van der Waals surface area contributed by atoms with Crippen LogP contribution >= 0.6 is 12.4 Å². The summed E-state index contributed by atoms with van der Waals surface area (Å²) in [6.45, 7) is 6.82. The summed E-state index contributed by atoms with van der Waals surface area (Å²) in [7, 11) is 3.28. The van der Waals surface area contributed by atoms with E-state index in [0.29, 0.717) is 6.54 Å². The number of benzene rings is 1. The van der Waals surface area contributed by atoms with Crippen molar-refractivity contribution in [3.05, 3.63) is 23.8 Å². The normalized spacial score (nSPS) is 17.2. The van der Waals surface area contributed by atoms with Crippen LogP contribution in [0.25, 0.3) is 0 Å². The van der Waals surface area contributed by atoms with Gasteiger partial charge in [0, 0.05) is 17.5 Å². The number of hydrogen-bond donors (Lipinski definition) is 2. The number of aliphatic hydroxyl groups excluding tert-OH is 1. The van der Waals surface area contributed by atoms with Crippen molar-refractivity contribution in [1.82, 2.24) is 5.32 Å². The molecule has 1 atom stereocenters. The maximum atomic E-state index is 10.0. The van der Waals surface area contributed by atoms with E-state index in [-0.39, 0.29) is 30.0 Å². The molecule has 28 heavy (non-hydrogen) atoms. The van der Waals surface area contributed by atoms with E-state index in [1.165, 1.54) is 0 Å². The molecule has 1 aliphatic carbocycles. The Bertz CT molecular complexity index is 625. The van der Waals surface area contributed by atoms with Crippen LogP contribution in [0.15, 0.2) is 23.4 Å². The number of aliphatic hydroxyl groups is 1. The van der Waals surface area contributed by atoms with Gasteiger partial charge < -0.3 is 24.7 Å². The van der Waals surface area contributed by atoms with Crippen LogP contribution in [-0.2, 0) is 10.3 Å². The van der Waals surface area contributed by atoms with Gasteiger partial charge in [-0.3, -0.25) is 0 Å². The lowest BCUT2D eigenvalue weighted by Crippen LogP contribution is -2.42. The summed E-state index contributed by atoms with van der Waals surface area (Å²) in [5, 5.41) is 17.5. The van der Waals surface area contributed by atoms with Crippen molar-refractivity contribution in [3.63, 3.8) is 0 Å². The molecule has 1 aliphatic rings. The summed E-state index contributed by atoms with van der Waals surface area (Å²) in [6.07, 6.45) is 5.64. The summed E-state index contributed by atoms with van der Waals surface area (Å²) < 4.78 is 10.8. The number of nitrogens with one attached hydrogen (secondary N) is 1. The molecule has 1 unspecified atom stereocenters. The van der Waals surface area contributed by atoms with Crippen molar-refractivity contribution < 1.29 is 19.4 Å². The van der Waals surface area contributed by atoms with Crippen LogP contribution in [0.3, 0.4) is 0 Å². The zero-order valence-electron chi connectivity index (χ0n) is 17.7. The van der Waals surface area contributed by atoms with E-state index < -0.39 is 6.10 Å². The highest BCUT2D eigenvalue weighted by atomic mass is 35.5. The predicted molar refractivity (Wildman–Crippen MR) is 115 cm³/mol. The fourth-order valence-corrected chi connectivity index (χ4v) is 3.39. The Labute approximate surface area is 175 Å². The molecule has 0 aliphatic heterocycles. The maximum Gasteiger partial charge on any atom is 0.161 e. The van der Waals surface area contributed by atoms with E-state index >= 15 is 0 Å². The van der Waals surface area contributed by atoms with Crippen molar-refractivity contribution in [3.8, 4) is 11.5 Å². The first-order valence-electron chi connectivity index (χ1n) is 9.62. The van der Waals surface area contributed by atoms with Gasteiger partial charge in [-0.15, -0.1) is 12.4 Å². The molecular weight excluding hydrogens is 380 g/mol. The monoisotopic (exact) mass is 414 g/mol. The molecule has 2 N–H and O–H groups in total. The van der Waals surface area contributed by atoms with E-state index in [0.717, 1.165) is 42.7 Å². The molecule has 2 rings (SSSR count). The summed E-state index contributed by atoms with van der Waals surface area (Å²) in [5.74, 6) is 1.44. The molecule has 0 aromatic heterocycles. The Kier molecular flexibility index (Phi) is 9.54. The SMILES string of the molecule is COc1ccc(C2(/C=N\OCC(O)CNC(C)(C)C)CCCC2)cc1OC.Cl. The summed E-state index contributed by atoms with van der Waals surface area (Å²) in [4.78, 5) is 5.39. The molecule has 0 saturated heterocycles. The van der Waals surface area contributed by atoms with Gasteiger partial charge in [0.2, 0.25) is 0 Å². The Morgan fingerprint density at radius 1 is 1.18 bits per heavy atom. The summed E-state index contributed by atoms with van der Waals surface area (Å²) >= 11 is 0. The number of ether oxygens (including phenoxy) is 2. The van der Waals surface area contributed by atoms with Crippen LogP contribution in [0.4, 0.5) is 0 Å². The van der Waals surface area contributed by atoms with Crippen LogP contribution in [0, 0.1) is 0 Å². The summed E-state index contributed by atoms with van der Waals surface area (Å²) in [6, 6.07) is 6.03. The quantitative estimate of drug-likeness (QED) is 0.476. The first-order valence-corrected chi connectivity index (χ1v) is 9.62. The standard InChI is InChI=1S/C21H34N2O4.ClH/c1-20(2,3)22-13-17(24)14-27-23-15-21(10-6-7-11-21)16-8-9-18(25-4)19(12-16)26-5;/h8-9,12,15,17,22,24H,6-7,10-11,13-14H2,1-5H3;1H/b23-15-;. The van der Waals surface area contributed by atoms with Crippen molar-refractivity contribution >= 4 is 18.6 Å². The molecule has 0 amide bonds. The average molecular weight is 415 g/mol. The lowest BCUT2D eigenvalue weighted by molar-refractivity contribution is 0.0372. The van der Waals surface area contributed by atoms with Gasteiger partial charge >= 0.3 is 0 Å². The average Bonchev–Trinajstić information content (AvgIpc) is 3.12. The molecular formula is C21H35ClN2O4. The highest BCUT2D eigenvalue weighted by Gasteiger charge is 2.35. The molecule has 0 bridgehead atoms. The van der Waals surface area contributed by atoms with Gasteiger partial charge in [0.25, 0.3) is 0 Å². The van der Waals surface area contributed by atoms with Crippen molar-refractivity contribution in [2.45, 2.75) is 63.5 Å². The topological polar surface area (TPSA) is 72.3 Å². The van der Waals surface area contributed by atoms with Gasteiger partial charge in [-0.25, -0.2) is 0 Å². The van der Waals surface area contributed by atoms with Crippen LogP contribution in [-0.4, -0.2) is 50.3 Å². The number of nitrogens with zero attached hydrogens (tertiary/aromatic N) is 1. The lowest BCUT2D eigenvalue weighted by atomic mass is 9.80. The molecule has 7 heteroatoms. The van der Waals surface area contributed by atoms with Gasteiger partial charge in [0.15, 0.2) is 11.5 Å². The minimum atomic E-state index is -0.595. The minimum absolute atomic E-state index is 0. The third-order valence-corrected chi connectivity index (χ3v) is 4.96. The van der Waals surface area contributed by atoms with E-state index in [1.807, 2.05) is 18.3 Å². The molecule has 160 valence electrons. The highest BCUT2D eigenvalue weighted by molar-refractivity contribution is 5.85. The molecule has 1 aromatic rings. The maximum absolute atomic E-state index is 10.0. The van der Waals surface area contributed by atoms with Gasteiger partial charge in [-0.2, -0.15) is 0 Å². The number of oxime groups is 1. The number of rotatable bonds is 9. The Morgan fingerprint density at radius 2 is 1.82 bits per heavy atom. The molecule has 6 nitrogen and oxygen atoms in total. The third kappa shape index (κ3) is 6.83. The molecule has 0 heterocycles. The van der Waals surface area contributed by atoms with Gasteiger partial charge in [-0.1, -0.05) is 24.1 Å². The molecule has 0 radical (unpaired) electrons. The first kappa shape index (κ1) is 24.5. The van der Waals surface area contributed by atoms with Gasteiger partial charge in [0.05, 0.1) is 20.4 Å². The van der Waals surface area contributed by atoms with E-state index in [9.17, 15) is 5.11 Å². The minimum Gasteiger partial charge on any atom is -0.493 e. The number of β-amino-alcohol motifs (C(OH)–C–C–N with tert-alkyl or cyclic N) is 1. The van der Waals surface area contributed by atoms with E-state index in [1.54, 1.807) is 14.2 Å². The zero-order chi connectivity index (χ0) is 19.9. The van der Waals surface area contributed by atoms with Crippen molar-refractivity contribution in [1.29, 1.82) is 0 Å². The van der Waals surface area contributed by atoms with Crippen LogP contribution < -0.4 is 14.8 Å². The van der Waals surface area contributed by atoms with Gasteiger partial charge in [0.1, 0.15) is 12.7 Å². The number of hydrogen-bond acceptors (Lipinski definition) is 6. The third-order valence-electron chi connectivity index (χ3n) is 4.96. The second kappa shape index (κ2) is 10.9. The Balaban J connectivity index is 0.00000392. The summed E-state index contributed by atoms with van der Waals surface area (Å²) in [5.41, 5.74) is 0.958. The highest BCUT2D eigenvalue weighted by Crippen LogP contribution is 2.42. The first-order chi connectivity index (χ1) is 12.8. The predicted octanol–water partition coefficient (Wildman–Crippen LogP) is 3.69. The van der Waals surface area contributed by atoms with Crippen LogP contribution in [0.5, 0.6) is 11.5 Å². The number of halogens is 1. The van der Waals surface area contributed by atoms with Crippen LogP contribution in [0.2, 0.25) is 0 Å². The van der Waals surface area contributed by atoms with Crippen molar-refractivity contribution in [2.75, 3.05) is 27.4 Å². The number of methoxy groups -OCH3 is 2. The lowest BCUT2D eigenvalue weighted by Gasteiger charge is -2.25. The largest absolute Gasteiger partial charge is 0.493 e. The Hall–Kier alpha value is -1.50. The fourth-order valence-electron chi connectivity index (χ4n) is 3.39. The molecule has 0 spiro atoms. The molecule has 1 saturated carbocycles. The fraction of sp³-hybridized carbons (Fsp3) is 0.667. The van der Waals surface area contributed by atoms with Crippen LogP contribution in [0.1, 0.15) is 52.0 Å². The van der Waals surface area contributed by atoms with E-state index in [2.05, 4.69) is 37.3 Å². The second-order valence-electron chi connectivity index (χ2n) is 8.25. The van der Waals surface area contributed by atoms with Crippen molar-refractivity contribution in [2.24, 2.45) is 5.16 Å². The Morgan fingerprint density at radius 3 is 2.39 bits per heavy atom.